The van der Waals surface area contributed by atoms with Gasteiger partial charge in [0.15, 0.2) is 0 Å². The molecule has 1 heteroatoms. The third kappa shape index (κ3) is 2.34. The quantitative estimate of drug-likeness (QED) is 0.579. The van der Waals surface area contributed by atoms with Crippen LogP contribution in [0.1, 0.15) is 52.7 Å². The summed E-state index contributed by atoms with van der Waals surface area (Å²) in [5.41, 5.74) is 3.57. The minimum Gasteiger partial charge on any atom is -0.152 e. The number of rotatable bonds is 0. The van der Waals surface area contributed by atoms with Gasteiger partial charge in [0.25, 0.3) is 0 Å². The van der Waals surface area contributed by atoms with E-state index in [1.165, 1.54) is 11.1 Å². The lowest BCUT2D eigenvalue weighted by atomic mass is 9.78. The average Bonchev–Trinajstić information content (AvgIpc) is 2.27. The van der Waals surface area contributed by atoms with Crippen LogP contribution in [-0.2, 0) is 10.8 Å². The van der Waals surface area contributed by atoms with Crippen molar-refractivity contribution in [3.05, 3.63) is 21.9 Å². The Morgan fingerprint density at radius 2 is 1.08 bits per heavy atom. The van der Waals surface area contributed by atoms with Gasteiger partial charge in [0.1, 0.15) is 0 Å². The molecule has 0 atom stereocenters. The Bertz CT molecular complexity index is 252. The van der Waals surface area contributed by atoms with Crippen LogP contribution in [0.4, 0.5) is 0 Å². The minimum atomic E-state index is 0.280. The number of hydrogen-bond donors (Lipinski definition) is 0. The van der Waals surface area contributed by atoms with E-state index in [9.17, 15) is 0 Å². The van der Waals surface area contributed by atoms with Crippen molar-refractivity contribution in [2.75, 3.05) is 0 Å². The van der Waals surface area contributed by atoms with Gasteiger partial charge in [0.05, 0.1) is 0 Å². The van der Waals surface area contributed by atoms with Gasteiger partial charge in [0, 0.05) is 0 Å². The first-order chi connectivity index (χ1) is 5.73. The molecule has 0 aliphatic carbocycles. The van der Waals surface area contributed by atoms with Gasteiger partial charge in [-0.1, -0.05) is 41.5 Å². The topological polar surface area (TPSA) is 0 Å². The Morgan fingerprint density at radius 1 is 0.769 bits per heavy atom. The molecule has 0 aliphatic rings. The van der Waals surface area contributed by atoms with Gasteiger partial charge in [-0.25, -0.2) is 0 Å². The lowest BCUT2D eigenvalue weighted by Gasteiger charge is -2.26. The highest BCUT2D eigenvalue weighted by Crippen LogP contribution is 2.36. The second kappa shape index (κ2) is 3.13. The van der Waals surface area contributed by atoms with Crippen molar-refractivity contribution in [3.8, 4) is 0 Å². The maximum absolute atomic E-state index is 2.29. The van der Waals surface area contributed by atoms with E-state index < -0.39 is 0 Å². The van der Waals surface area contributed by atoms with Crippen LogP contribution in [0.25, 0.3) is 0 Å². The molecule has 1 aromatic heterocycles. The van der Waals surface area contributed by atoms with Crippen molar-refractivity contribution in [2.45, 2.75) is 52.4 Å². The molecule has 0 saturated heterocycles. The molecule has 0 bridgehead atoms. The maximum Gasteiger partial charge on any atom is -0.00528 e. The molecule has 0 fully saturated rings. The van der Waals surface area contributed by atoms with Crippen molar-refractivity contribution in [3.63, 3.8) is 0 Å². The second-order valence-corrected chi connectivity index (χ2v) is 6.44. The first-order valence-electron chi connectivity index (χ1n) is 4.80. The highest BCUT2D eigenvalue weighted by molar-refractivity contribution is 7.08. The summed E-state index contributed by atoms with van der Waals surface area (Å²) in [6, 6.07) is 0. The van der Waals surface area contributed by atoms with E-state index in [2.05, 4.69) is 52.3 Å². The van der Waals surface area contributed by atoms with E-state index >= 15 is 0 Å². The molecule has 0 saturated carbocycles. The van der Waals surface area contributed by atoms with Crippen molar-refractivity contribution < 1.29 is 0 Å². The van der Waals surface area contributed by atoms with E-state index in [4.69, 9.17) is 0 Å². The standard InChI is InChI=1S/C12H20S/c1-11(2,3)9-7-13-8-10(9)12(4,5)6/h7-8H,1-6H3. The van der Waals surface area contributed by atoms with Gasteiger partial charge in [-0.05, 0) is 32.7 Å². The molecule has 1 heterocycles. The lowest BCUT2D eigenvalue weighted by molar-refractivity contribution is 0.534. The van der Waals surface area contributed by atoms with Crippen molar-refractivity contribution in [2.24, 2.45) is 0 Å². The van der Waals surface area contributed by atoms with Crippen molar-refractivity contribution in [1.82, 2.24) is 0 Å². The fourth-order valence-corrected chi connectivity index (χ4v) is 2.76. The Kier molecular flexibility index (Phi) is 2.59. The van der Waals surface area contributed by atoms with E-state index in [0.29, 0.717) is 0 Å². The van der Waals surface area contributed by atoms with Gasteiger partial charge >= 0.3 is 0 Å². The van der Waals surface area contributed by atoms with Gasteiger partial charge in [-0.2, -0.15) is 11.3 Å². The highest BCUT2D eigenvalue weighted by atomic mass is 32.1. The third-order valence-corrected chi connectivity index (χ3v) is 3.02. The molecule has 0 spiro atoms. The summed E-state index contributed by atoms with van der Waals surface area (Å²) in [6.45, 7) is 13.7. The summed E-state index contributed by atoms with van der Waals surface area (Å²) in [5.74, 6) is 0. The molecule has 0 amide bonds. The van der Waals surface area contributed by atoms with E-state index in [1.807, 2.05) is 11.3 Å². The SMILES string of the molecule is CC(C)(C)c1cscc1C(C)(C)C. The van der Waals surface area contributed by atoms with Gasteiger partial charge in [0.2, 0.25) is 0 Å². The zero-order valence-corrected chi connectivity index (χ0v) is 10.4. The zero-order valence-electron chi connectivity index (χ0n) is 9.56. The zero-order chi connectivity index (χ0) is 10.3. The fourth-order valence-electron chi connectivity index (χ4n) is 1.46. The molecule has 74 valence electrons. The molecule has 0 N–H and O–H groups in total. The van der Waals surface area contributed by atoms with Crippen LogP contribution >= 0.6 is 11.3 Å². The summed E-state index contributed by atoms with van der Waals surface area (Å²) >= 11 is 1.82. The Hall–Kier alpha value is -0.300. The Morgan fingerprint density at radius 3 is 1.31 bits per heavy atom. The highest BCUT2D eigenvalue weighted by Gasteiger charge is 2.25. The van der Waals surface area contributed by atoms with Crippen LogP contribution in [0.5, 0.6) is 0 Å². The van der Waals surface area contributed by atoms with Crippen LogP contribution < -0.4 is 0 Å². The third-order valence-electron chi connectivity index (χ3n) is 2.28. The van der Waals surface area contributed by atoms with Gasteiger partial charge < -0.3 is 0 Å². The molecule has 0 aliphatic heterocycles. The summed E-state index contributed by atoms with van der Waals surface area (Å²) in [5, 5.41) is 4.58. The first kappa shape index (κ1) is 10.8. The second-order valence-electron chi connectivity index (χ2n) is 5.70. The average molecular weight is 196 g/mol. The monoisotopic (exact) mass is 196 g/mol. The van der Waals surface area contributed by atoms with Crippen LogP contribution in [0.15, 0.2) is 10.8 Å². The summed E-state index contributed by atoms with van der Waals surface area (Å²) in [6.07, 6.45) is 0. The summed E-state index contributed by atoms with van der Waals surface area (Å²) in [4.78, 5) is 0. The largest absolute Gasteiger partial charge is 0.152 e. The van der Waals surface area contributed by atoms with Crippen molar-refractivity contribution >= 4 is 11.3 Å². The molecule has 1 rings (SSSR count). The number of hydrogen-bond acceptors (Lipinski definition) is 1. The molecular formula is C12H20S. The minimum absolute atomic E-state index is 0.280. The van der Waals surface area contributed by atoms with Crippen LogP contribution in [0, 0.1) is 0 Å². The van der Waals surface area contributed by atoms with Crippen LogP contribution in [0.2, 0.25) is 0 Å². The van der Waals surface area contributed by atoms with Gasteiger partial charge in [-0.3, -0.25) is 0 Å². The molecule has 13 heavy (non-hydrogen) atoms. The molecular weight excluding hydrogens is 176 g/mol. The first-order valence-corrected chi connectivity index (χ1v) is 5.74. The summed E-state index contributed by atoms with van der Waals surface area (Å²) < 4.78 is 0. The molecule has 1 aromatic rings. The predicted octanol–water partition coefficient (Wildman–Crippen LogP) is 4.34. The Labute approximate surface area is 86.0 Å². The van der Waals surface area contributed by atoms with Crippen LogP contribution in [-0.4, -0.2) is 0 Å². The fraction of sp³-hybridized carbons (Fsp3) is 0.667. The van der Waals surface area contributed by atoms with Gasteiger partial charge in [-0.15, -0.1) is 0 Å². The van der Waals surface area contributed by atoms with Crippen LogP contribution in [0.3, 0.4) is 0 Å². The van der Waals surface area contributed by atoms with Crippen molar-refractivity contribution in [1.29, 1.82) is 0 Å². The molecule has 0 aromatic carbocycles. The maximum atomic E-state index is 2.29. The smallest absolute Gasteiger partial charge is 0.00528 e. The number of thiophene rings is 1. The predicted molar refractivity (Wildman–Crippen MR) is 61.7 cm³/mol. The molecule has 0 radical (unpaired) electrons. The van der Waals surface area contributed by atoms with E-state index in [0.717, 1.165) is 0 Å². The molecule has 0 unspecified atom stereocenters. The van der Waals surface area contributed by atoms with E-state index in [1.54, 1.807) is 0 Å². The Balaban J connectivity index is 3.19. The van der Waals surface area contributed by atoms with E-state index in [-0.39, 0.29) is 10.8 Å². The summed E-state index contributed by atoms with van der Waals surface area (Å²) in [7, 11) is 0. The normalized spacial score (nSPS) is 13.4. The lowest BCUT2D eigenvalue weighted by Crippen LogP contribution is -2.19. The molecule has 0 nitrogen and oxygen atoms in total.